The van der Waals surface area contributed by atoms with Gasteiger partial charge in [0.15, 0.2) is 5.13 Å². The van der Waals surface area contributed by atoms with Crippen molar-refractivity contribution in [1.29, 1.82) is 0 Å². The molecular weight excluding hydrogens is 276 g/mol. The van der Waals surface area contributed by atoms with Gasteiger partial charge in [0.2, 0.25) is 0 Å². The van der Waals surface area contributed by atoms with Gasteiger partial charge in [-0.2, -0.15) is 0 Å². The van der Waals surface area contributed by atoms with Crippen LogP contribution >= 0.6 is 22.9 Å². The quantitative estimate of drug-likeness (QED) is 0.757. The number of hydrogen-bond donors (Lipinski definition) is 1. The van der Waals surface area contributed by atoms with Crippen LogP contribution in [0.15, 0.2) is 18.2 Å². The standard InChI is InChI=1S/C15H19ClN2S/c1-10-3-2-4-12(7-5-10)17-15-18-13-9-11(16)6-8-14(13)19-15/h6,8-10,12H,2-5,7H2,1H3,(H,17,18). The molecule has 0 spiro atoms. The molecule has 0 aliphatic heterocycles. The van der Waals surface area contributed by atoms with E-state index in [-0.39, 0.29) is 0 Å². The van der Waals surface area contributed by atoms with Crippen molar-refractivity contribution in [2.24, 2.45) is 5.92 Å². The van der Waals surface area contributed by atoms with Gasteiger partial charge in [-0.3, -0.25) is 0 Å². The van der Waals surface area contributed by atoms with Gasteiger partial charge in [-0.25, -0.2) is 4.98 Å². The maximum atomic E-state index is 6.00. The summed E-state index contributed by atoms with van der Waals surface area (Å²) in [7, 11) is 0. The van der Waals surface area contributed by atoms with E-state index in [4.69, 9.17) is 11.6 Å². The second-order valence-corrected chi connectivity index (χ2v) is 7.05. The summed E-state index contributed by atoms with van der Waals surface area (Å²) in [6, 6.07) is 6.50. The van der Waals surface area contributed by atoms with Crippen LogP contribution in [0.2, 0.25) is 5.02 Å². The number of nitrogens with zero attached hydrogens (tertiary/aromatic N) is 1. The van der Waals surface area contributed by atoms with Gasteiger partial charge in [0.1, 0.15) is 0 Å². The molecule has 102 valence electrons. The molecule has 0 bridgehead atoms. The Morgan fingerprint density at radius 1 is 1.26 bits per heavy atom. The van der Waals surface area contributed by atoms with Crippen LogP contribution in [-0.4, -0.2) is 11.0 Å². The van der Waals surface area contributed by atoms with Crippen LogP contribution in [-0.2, 0) is 0 Å². The van der Waals surface area contributed by atoms with Crippen LogP contribution in [0.5, 0.6) is 0 Å². The SMILES string of the molecule is CC1CCCC(Nc2nc3cc(Cl)ccc3s2)CC1. The second-order valence-electron chi connectivity index (χ2n) is 5.59. The van der Waals surface area contributed by atoms with Crippen molar-refractivity contribution in [3.8, 4) is 0 Å². The van der Waals surface area contributed by atoms with Crippen LogP contribution in [0.25, 0.3) is 10.2 Å². The zero-order valence-electron chi connectivity index (χ0n) is 11.2. The van der Waals surface area contributed by atoms with E-state index < -0.39 is 0 Å². The molecule has 2 atom stereocenters. The second kappa shape index (κ2) is 5.68. The van der Waals surface area contributed by atoms with E-state index in [1.807, 2.05) is 12.1 Å². The number of rotatable bonds is 2. The molecule has 1 N–H and O–H groups in total. The minimum absolute atomic E-state index is 0.584. The third kappa shape index (κ3) is 3.21. The number of thiazole rings is 1. The van der Waals surface area contributed by atoms with E-state index in [9.17, 15) is 0 Å². The number of fused-ring (bicyclic) bond motifs is 1. The fourth-order valence-electron chi connectivity index (χ4n) is 2.77. The van der Waals surface area contributed by atoms with Crippen LogP contribution in [0.1, 0.15) is 39.0 Å². The average molecular weight is 295 g/mol. The number of aromatic nitrogens is 1. The molecule has 2 aromatic rings. The molecule has 1 aliphatic carbocycles. The Morgan fingerprint density at radius 2 is 2.16 bits per heavy atom. The van der Waals surface area contributed by atoms with E-state index in [2.05, 4.69) is 23.3 Å². The highest BCUT2D eigenvalue weighted by Gasteiger charge is 2.17. The first kappa shape index (κ1) is 13.2. The molecule has 0 amide bonds. The zero-order chi connectivity index (χ0) is 13.2. The van der Waals surface area contributed by atoms with Crippen molar-refractivity contribution >= 4 is 38.3 Å². The lowest BCUT2D eigenvalue weighted by Gasteiger charge is -2.15. The van der Waals surface area contributed by atoms with Crippen LogP contribution in [0.3, 0.4) is 0 Å². The first-order valence-corrected chi connectivity index (χ1v) is 8.23. The van der Waals surface area contributed by atoms with Crippen molar-refractivity contribution in [2.45, 2.75) is 45.1 Å². The molecular formula is C15H19ClN2S. The average Bonchev–Trinajstić information content (AvgIpc) is 2.65. The Balaban J connectivity index is 1.73. The molecule has 1 aromatic carbocycles. The predicted molar refractivity (Wildman–Crippen MR) is 84.3 cm³/mol. The topological polar surface area (TPSA) is 24.9 Å². The van der Waals surface area contributed by atoms with Crippen molar-refractivity contribution in [3.63, 3.8) is 0 Å². The normalized spacial score (nSPS) is 24.3. The molecule has 4 heteroatoms. The molecule has 1 aromatic heterocycles. The number of benzene rings is 1. The molecule has 2 nitrogen and oxygen atoms in total. The van der Waals surface area contributed by atoms with E-state index in [1.165, 1.54) is 36.8 Å². The van der Waals surface area contributed by atoms with Gasteiger partial charge in [-0.05, 0) is 43.4 Å². The molecule has 1 saturated carbocycles. The number of halogens is 1. The Hall–Kier alpha value is -0.800. The first-order chi connectivity index (χ1) is 9.20. The Bertz CT molecular complexity index is 566. The van der Waals surface area contributed by atoms with Crippen LogP contribution in [0.4, 0.5) is 5.13 Å². The third-order valence-corrected chi connectivity index (χ3v) is 5.14. The maximum absolute atomic E-state index is 6.00. The summed E-state index contributed by atoms with van der Waals surface area (Å²) in [6.45, 7) is 2.36. The summed E-state index contributed by atoms with van der Waals surface area (Å²) in [4.78, 5) is 4.64. The summed E-state index contributed by atoms with van der Waals surface area (Å²) in [6.07, 6.45) is 6.55. The number of hydrogen-bond acceptors (Lipinski definition) is 3. The molecule has 0 radical (unpaired) electrons. The van der Waals surface area contributed by atoms with Crippen molar-refractivity contribution in [1.82, 2.24) is 4.98 Å². The Morgan fingerprint density at radius 3 is 3.05 bits per heavy atom. The monoisotopic (exact) mass is 294 g/mol. The smallest absolute Gasteiger partial charge is 0.184 e. The predicted octanol–water partition coefficient (Wildman–Crippen LogP) is 5.33. The number of anilines is 1. The zero-order valence-corrected chi connectivity index (χ0v) is 12.7. The van der Waals surface area contributed by atoms with Gasteiger partial charge < -0.3 is 5.32 Å². The van der Waals surface area contributed by atoms with Gasteiger partial charge in [0, 0.05) is 11.1 Å². The third-order valence-electron chi connectivity index (χ3n) is 3.93. The maximum Gasteiger partial charge on any atom is 0.184 e. The van der Waals surface area contributed by atoms with E-state index >= 15 is 0 Å². The van der Waals surface area contributed by atoms with Gasteiger partial charge >= 0.3 is 0 Å². The molecule has 0 saturated heterocycles. The van der Waals surface area contributed by atoms with Crippen molar-refractivity contribution in [3.05, 3.63) is 23.2 Å². The van der Waals surface area contributed by atoms with Gasteiger partial charge in [-0.1, -0.05) is 42.7 Å². The Labute approximate surface area is 123 Å². The summed E-state index contributed by atoms with van der Waals surface area (Å²) >= 11 is 7.73. The lowest BCUT2D eigenvalue weighted by molar-refractivity contribution is 0.502. The molecule has 1 fully saturated rings. The summed E-state index contributed by atoms with van der Waals surface area (Å²) < 4.78 is 1.20. The summed E-state index contributed by atoms with van der Waals surface area (Å²) in [5.74, 6) is 0.876. The fraction of sp³-hybridized carbons (Fsp3) is 0.533. The van der Waals surface area contributed by atoms with E-state index in [1.54, 1.807) is 11.3 Å². The molecule has 1 heterocycles. The molecule has 3 rings (SSSR count). The largest absolute Gasteiger partial charge is 0.359 e. The number of nitrogens with one attached hydrogen (secondary N) is 1. The van der Waals surface area contributed by atoms with Crippen molar-refractivity contribution in [2.75, 3.05) is 5.32 Å². The highest BCUT2D eigenvalue weighted by atomic mass is 35.5. The lowest BCUT2D eigenvalue weighted by Crippen LogP contribution is -2.18. The van der Waals surface area contributed by atoms with Gasteiger partial charge in [0.25, 0.3) is 0 Å². The lowest BCUT2D eigenvalue weighted by atomic mass is 10.0. The van der Waals surface area contributed by atoms with Gasteiger partial charge in [-0.15, -0.1) is 0 Å². The molecule has 2 unspecified atom stereocenters. The van der Waals surface area contributed by atoms with E-state index in [0.717, 1.165) is 21.6 Å². The molecule has 19 heavy (non-hydrogen) atoms. The van der Waals surface area contributed by atoms with Gasteiger partial charge in [0.05, 0.1) is 10.2 Å². The minimum Gasteiger partial charge on any atom is -0.359 e. The minimum atomic E-state index is 0.584. The van der Waals surface area contributed by atoms with Crippen LogP contribution < -0.4 is 5.32 Å². The van der Waals surface area contributed by atoms with E-state index in [0.29, 0.717) is 6.04 Å². The van der Waals surface area contributed by atoms with Crippen LogP contribution in [0, 0.1) is 5.92 Å². The summed E-state index contributed by atoms with van der Waals surface area (Å²) in [5, 5.41) is 5.41. The fourth-order valence-corrected chi connectivity index (χ4v) is 3.86. The molecule has 1 aliphatic rings. The summed E-state index contributed by atoms with van der Waals surface area (Å²) in [5.41, 5.74) is 1.00. The van der Waals surface area contributed by atoms with Crippen molar-refractivity contribution < 1.29 is 0 Å². The Kier molecular flexibility index (Phi) is 3.94. The highest BCUT2D eigenvalue weighted by Crippen LogP contribution is 2.30. The first-order valence-electron chi connectivity index (χ1n) is 7.03. The highest BCUT2D eigenvalue weighted by molar-refractivity contribution is 7.22.